The van der Waals surface area contributed by atoms with Crippen LogP contribution in [0.15, 0.2) is 54.6 Å². The lowest BCUT2D eigenvalue weighted by Crippen LogP contribution is -2.54. The highest BCUT2D eigenvalue weighted by Gasteiger charge is 2.56. The SMILES string of the molecule is CC(OC(C)N1CCOCC1)C(C(=O)O)C1(c2ccccc2)Oc2ccccc2O1. The van der Waals surface area contributed by atoms with Crippen LogP contribution in [-0.4, -0.2) is 54.6 Å². The Kier molecular flexibility index (Phi) is 5.94. The number of benzene rings is 2. The minimum atomic E-state index is -1.53. The Morgan fingerprint density at radius 2 is 1.57 bits per heavy atom. The van der Waals surface area contributed by atoms with Crippen LogP contribution in [0.4, 0.5) is 0 Å². The quantitative estimate of drug-likeness (QED) is 0.747. The molecule has 2 heterocycles. The van der Waals surface area contributed by atoms with E-state index in [0.29, 0.717) is 30.3 Å². The van der Waals surface area contributed by atoms with Crippen molar-refractivity contribution in [3.05, 3.63) is 60.2 Å². The van der Waals surface area contributed by atoms with Gasteiger partial charge in [-0.3, -0.25) is 9.69 Å². The van der Waals surface area contributed by atoms with E-state index >= 15 is 0 Å². The van der Waals surface area contributed by atoms with Crippen molar-refractivity contribution >= 4 is 5.97 Å². The summed E-state index contributed by atoms with van der Waals surface area (Å²) in [5.41, 5.74) is 0.628. The van der Waals surface area contributed by atoms with Gasteiger partial charge in [-0.25, -0.2) is 0 Å². The van der Waals surface area contributed by atoms with Crippen LogP contribution in [0.25, 0.3) is 0 Å². The second-order valence-electron chi connectivity index (χ2n) is 7.59. The molecule has 0 aromatic heterocycles. The third-order valence-electron chi connectivity index (χ3n) is 5.66. The van der Waals surface area contributed by atoms with Crippen LogP contribution in [0.2, 0.25) is 0 Å². The highest BCUT2D eigenvalue weighted by atomic mass is 16.7. The summed E-state index contributed by atoms with van der Waals surface area (Å²) >= 11 is 0. The first kappa shape index (κ1) is 20.7. The van der Waals surface area contributed by atoms with Gasteiger partial charge in [-0.2, -0.15) is 0 Å². The Morgan fingerprint density at radius 1 is 1.00 bits per heavy atom. The molecule has 2 aliphatic heterocycles. The maximum atomic E-state index is 12.5. The standard InChI is InChI=1S/C23H27NO6/c1-16(28-17(2)24-12-14-27-15-13-24)21(22(25)26)23(18-8-4-3-5-9-18)29-19-10-6-7-11-20(19)30-23/h3-11,16-17,21H,12-15H2,1-2H3,(H,25,26). The summed E-state index contributed by atoms with van der Waals surface area (Å²) in [6, 6.07) is 16.4. The summed E-state index contributed by atoms with van der Waals surface area (Å²) in [7, 11) is 0. The number of nitrogens with zero attached hydrogens (tertiary/aromatic N) is 1. The molecule has 2 aromatic carbocycles. The third kappa shape index (κ3) is 3.88. The van der Waals surface area contributed by atoms with Gasteiger partial charge in [0.05, 0.1) is 19.3 Å². The highest BCUT2D eigenvalue weighted by Crippen LogP contribution is 2.49. The highest BCUT2D eigenvalue weighted by molar-refractivity contribution is 5.73. The normalized spacial score (nSPS) is 21.0. The smallest absolute Gasteiger partial charge is 0.317 e. The van der Waals surface area contributed by atoms with Gasteiger partial charge in [0, 0.05) is 18.7 Å². The van der Waals surface area contributed by atoms with Crippen LogP contribution in [-0.2, 0) is 20.1 Å². The zero-order valence-electron chi connectivity index (χ0n) is 17.2. The topological polar surface area (TPSA) is 77.5 Å². The molecule has 1 N–H and O–H groups in total. The predicted octanol–water partition coefficient (Wildman–Crippen LogP) is 3.09. The molecule has 7 nitrogen and oxygen atoms in total. The second kappa shape index (κ2) is 8.63. The molecular weight excluding hydrogens is 386 g/mol. The minimum absolute atomic E-state index is 0.262. The number of hydrogen-bond acceptors (Lipinski definition) is 6. The fourth-order valence-electron chi connectivity index (χ4n) is 4.15. The monoisotopic (exact) mass is 413 g/mol. The zero-order valence-corrected chi connectivity index (χ0v) is 17.2. The number of ether oxygens (including phenoxy) is 4. The number of carboxylic acids is 1. The van der Waals surface area contributed by atoms with Gasteiger partial charge in [0.25, 0.3) is 5.79 Å². The summed E-state index contributed by atoms with van der Waals surface area (Å²) in [5, 5.41) is 10.3. The van der Waals surface area contributed by atoms with Gasteiger partial charge >= 0.3 is 5.97 Å². The molecule has 0 amide bonds. The van der Waals surface area contributed by atoms with E-state index in [4.69, 9.17) is 18.9 Å². The lowest BCUT2D eigenvalue weighted by Gasteiger charge is -2.39. The molecule has 4 rings (SSSR count). The van der Waals surface area contributed by atoms with Gasteiger partial charge in [0.15, 0.2) is 17.4 Å². The number of rotatable bonds is 7. The van der Waals surface area contributed by atoms with E-state index in [1.807, 2.05) is 49.4 Å². The zero-order chi connectivity index (χ0) is 21.1. The molecule has 2 aromatic rings. The maximum absolute atomic E-state index is 12.5. The molecule has 7 heteroatoms. The molecular formula is C23H27NO6. The van der Waals surface area contributed by atoms with E-state index in [1.165, 1.54) is 0 Å². The van der Waals surface area contributed by atoms with E-state index in [9.17, 15) is 9.90 Å². The Morgan fingerprint density at radius 3 is 2.13 bits per heavy atom. The van der Waals surface area contributed by atoms with Gasteiger partial charge in [0.1, 0.15) is 6.23 Å². The molecule has 0 aliphatic carbocycles. The molecule has 0 saturated carbocycles. The Labute approximate surface area is 176 Å². The largest absolute Gasteiger partial charge is 0.481 e. The second-order valence-corrected chi connectivity index (χ2v) is 7.59. The van der Waals surface area contributed by atoms with Crippen molar-refractivity contribution < 1.29 is 28.8 Å². The van der Waals surface area contributed by atoms with Gasteiger partial charge < -0.3 is 24.1 Å². The van der Waals surface area contributed by atoms with Crippen LogP contribution in [0.3, 0.4) is 0 Å². The third-order valence-corrected chi connectivity index (χ3v) is 5.66. The average molecular weight is 413 g/mol. The van der Waals surface area contributed by atoms with Crippen molar-refractivity contribution in [3.63, 3.8) is 0 Å². The maximum Gasteiger partial charge on any atom is 0.317 e. The van der Waals surface area contributed by atoms with Crippen molar-refractivity contribution in [1.29, 1.82) is 0 Å². The fourth-order valence-corrected chi connectivity index (χ4v) is 4.15. The van der Waals surface area contributed by atoms with Crippen molar-refractivity contribution in [2.24, 2.45) is 5.92 Å². The Hall–Kier alpha value is -2.61. The van der Waals surface area contributed by atoms with Crippen molar-refractivity contribution in [3.8, 4) is 11.5 Å². The molecule has 3 unspecified atom stereocenters. The Bertz CT molecular complexity index is 842. The van der Waals surface area contributed by atoms with Gasteiger partial charge in [0.2, 0.25) is 0 Å². The van der Waals surface area contributed by atoms with Gasteiger partial charge in [-0.15, -0.1) is 0 Å². The van der Waals surface area contributed by atoms with Crippen LogP contribution in [0, 0.1) is 5.92 Å². The van der Waals surface area contributed by atoms with Crippen molar-refractivity contribution in [2.75, 3.05) is 26.3 Å². The average Bonchev–Trinajstić information content (AvgIpc) is 3.15. The summed E-state index contributed by atoms with van der Waals surface area (Å²) in [6.07, 6.45) is -0.947. The first-order chi connectivity index (χ1) is 14.5. The van der Waals surface area contributed by atoms with Crippen LogP contribution >= 0.6 is 0 Å². The molecule has 1 saturated heterocycles. The van der Waals surface area contributed by atoms with Crippen LogP contribution < -0.4 is 9.47 Å². The molecule has 3 atom stereocenters. The first-order valence-electron chi connectivity index (χ1n) is 10.2. The van der Waals surface area contributed by atoms with Gasteiger partial charge in [-0.1, -0.05) is 42.5 Å². The summed E-state index contributed by atoms with van der Waals surface area (Å²) in [4.78, 5) is 14.7. The number of para-hydroxylation sites is 2. The van der Waals surface area contributed by atoms with E-state index < -0.39 is 23.8 Å². The summed E-state index contributed by atoms with van der Waals surface area (Å²) in [5.74, 6) is -2.65. The lowest BCUT2D eigenvalue weighted by atomic mass is 9.87. The number of morpholine rings is 1. The molecule has 30 heavy (non-hydrogen) atoms. The first-order valence-corrected chi connectivity index (χ1v) is 10.2. The molecule has 0 spiro atoms. The van der Waals surface area contributed by atoms with E-state index in [1.54, 1.807) is 19.1 Å². The van der Waals surface area contributed by atoms with Crippen molar-refractivity contribution in [1.82, 2.24) is 4.90 Å². The number of carbonyl (C=O) groups is 1. The number of carboxylic acid groups (broad SMARTS) is 1. The minimum Gasteiger partial charge on any atom is -0.481 e. The van der Waals surface area contributed by atoms with E-state index in [2.05, 4.69) is 4.90 Å². The lowest BCUT2D eigenvalue weighted by molar-refractivity contribution is -0.210. The summed E-state index contributed by atoms with van der Waals surface area (Å²) in [6.45, 7) is 6.46. The van der Waals surface area contributed by atoms with Crippen LogP contribution in [0.1, 0.15) is 19.4 Å². The predicted molar refractivity (Wildman–Crippen MR) is 109 cm³/mol. The molecule has 2 aliphatic rings. The number of fused-ring (bicyclic) bond motifs is 1. The van der Waals surface area contributed by atoms with E-state index in [-0.39, 0.29) is 6.23 Å². The number of aliphatic carboxylic acids is 1. The molecule has 160 valence electrons. The Balaban J connectivity index is 1.66. The van der Waals surface area contributed by atoms with Crippen molar-refractivity contribution in [2.45, 2.75) is 32.0 Å². The van der Waals surface area contributed by atoms with E-state index in [0.717, 1.165) is 13.1 Å². The van der Waals surface area contributed by atoms with Crippen LogP contribution in [0.5, 0.6) is 11.5 Å². The number of hydrogen-bond donors (Lipinski definition) is 1. The fraction of sp³-hybridized carbons (Fsp3) is 0.435. The summed E-state index contributed by atoms with van der Waals surface area (Å²) < 4.78 is 24.1. The van der Waals surface area contributed by atoms with Gasteiger partial charge in [-0.05, 0) is 26.0 Å². The molecule has 0 radical (unpaired) electrons. The molecule has 1 fully saturated rings. The molecule has 0 bridgehead atoms.